The topological polar surface area (TPSA) is 51.0 Å². The standard InChI is InChI=1S/C12H13BrFN3O/c1-7(15-2)3-11-16-12(17-18-11)8-4-9(13)6-10(14)5-8/h4-7,15H,3H2,1-2H3. The van der Waals surface area contributed by atoms with Gasteiger partial charge >= 0.3 is 0 Å². The summed E-state index contributed by atoms with van der Waals surface area (Å²) in [4.78, 5) is 4.25. The summed E-state index contributed by atoms with van der Waals surface area (Å²) in [6.45, 7) is 2.02. The third kappa shape index (κ3) is 3.14. The highest BCUT2D eigenvalue weighted by atomic mass is 79.9. The molecule has 2 aromatic rings. The maximum Gasteiger partial charge on any atom is 0.228 e. The van der Waals surface area contributed by atoms with Crippen molar-refractivity contribution in [1.82, 2.24) is 15.5 Å². The molecular weight excluding hydrogens is 301 g/mol. The van der Waals surface area contributed by atoms with Crippen molar-refractivity contribution in [2.45, 2.75) is 19.4 Å². The van der Waals surface area contributed by atoms with E-state index in [0.717, 1.165) is 0 Å². The fraction of sp³-hybridized carbons (Fsp3) is 0.333. The van der Waals surface area contributed by atoms with Gasteiger partial charge in [0, 0.05) is 22.5 Å². The van der Waals surface area contributed by atoms with Crippen molar-refractivity contribution in [3.63, 3.8) is 0 Å². The zero-order valence-corrected chi connectivity index (χ0v) is 11.7. The van der Waals surface area contributed by atoms with Crippen LogP contribution in [0.2, 0.25) is 0 Å². The number of aromatic nitrogens is 2. The van der Waals surface area contributed by atoms with E-state index in [4.69, 9.17) is 4.52 Å². The molecule has 1 aromatic carbocycles. The summed E-state index contributed by atoms with van der Waals surface area (Å²) in [5.74, 6) is 0.593. The van der Waals surface area contributed by atoms with Gasteiger partial charge in [0.25, 0.3) is 0 Å². The molecule has 6 heteroatoms. The molecule has 0 aliphatic heterocycles. The molecule has 0 saturated heterocycles. The van der Waals surface area contributed by atoms with E-state index < -0.39 is 0 Å². The first kappa shape index (κ1) is 13.2. The van der Waals surface area contributed by atoms with Crippen LogP contribution in [0, 0.1) is 5.82 Å². The number of benzene rings is 1. The molecule has 2 rings (SSSR count). The van der Waals surface area contributed by atoms with E-state index in [9.17, 15) is 4.39 Å². The van der Waals surface area contributed by atoms with Crippen molar-refractivity contribution in [2.75, 3.05) is 7.05 Å². The predicted octanol–water partition coefficient (Wildman–Crippen LogP) is 2.79. The molecule has 0 aliphatic carbocycles. The Kier molecular flexibility index (Phi) is 4.08. The Balaban J connectivity index is 2.23. The normalized spacial score (nSPS) is 12.7. The molecule has 0 radical (unpaired) electrons. The summed E-state index contributed by atoms with van der Waals surface area (Å²) >= 11 is 3.23. The average Bonchev–Trinajstić information content (AvgIpc) is 2.76. The van der Waals surface area contributed by atoms with Crippen molar-refractivity contribution >= 4 is 15.9 Å². The van der Waals surface area contributed by atoms with Crippen molar-refractivity contribution in [2.24, 2.45) is 0 Å². The van der Waals surface area contributed by atoms with Gasteiger partial charge in [0.1, 0.15) is 5.82 Å². The molecule has 4 nitrogen and oxygen atoms in total. The molecule has 96 valence electrons. The summed E-state index contributed by atoms with van der Waals surface area (Å²) in [5, 5.41) is 6.94. The van der Waals surface area contributed by atoms with Crippen molar-refractivity contribution in [3.8, 4) is 11.4 Å². The number of rotatable bonds is 4. The highest BCUT2D eigenvalue weighted by Gasteiger charge is 2.12. The quantitative estimate of drug-likeness (QED) is 0.943. The molecule has 1 N–H and O–H groups in total. The molecular formula is C12H13BrFN3O. The van der Waals surface area contributed by atoms with E-state index in [1.54, 1.807) is 6.07 Å². The van der Waals surface area contributed by atoms with Crippen LogP contribution in [0.3, 0.4) is 0 Å². The number of nitrogens with zero attached hydrogens (tertiary/aromatic N) is 2. The minimum atomic E-state index is -0.339. The Morgan fingerprint density at radius 1 is 1.44 bits per heavy atom. The number of halogens is 2. The first-order valence-corrected chi connectivity index (χ1v) is 6.34. The third-order valence-electron chi connectivity index (χ3n) is 2.56. The lowest BCUT2D eigenvalue weighted by atomic mass is 10.2. The number of hydrogen-bond donors (Lipinski definition) is 1. The SMILES string of the molecule is CNC(C)Cc1nc(-c2cc(F)cc(Br)c2)no1. The van der Waals surface area contributed by atoms with Crippen LogP contribution in [0.1, 0.15) is 12.8 Å². The highest BCUT2D eigenvalue weighted by Crippen LogP contribution is 2.22. The summed E-state index contributed by atoms with van der Waals surface area (Å²) in [6, 6.07) is 4.76. The van der Waals surface area contributed by atoms with E-state index in [-0.39, 0.29) is 11.9 Å². The zero-order valence-electron chi connectivity index (χ0n) is 10.1. The molecule has 1 heterocycles. The maximum absolute atomic E-state index is 13.3. The zero-order chi connectivity index (χ0) is 13.1. The van der Waals surface area contributed by atoms with Gasteiger partial charge in [0.15, 0.2) is 0 Å². The van der Waals surface area contributed by atoms with Gasteiger partial charge < -0.3 is 9.84 Å². The molecule has 0 aliphatic rings. The second kappa shape index (κ2) is 5.58. The van der Waals surface area contributed by atoms with Crippen LogP contribution < -0.4 is 5.32 Å². The van der Waals surface area contributed by atoms with Gasteiger partial charge in [-0.2, -0.15) is 4.98 Å². The van der Waals surface area contributed by atoms with E-state index in [0.29, 0.717) is 28.2 Å². The van der Waals surface area contributed by atoms with Gasteiger partial charge in [-0.15, -0.1) is 0 Å². The largest absolute Gasteiger partial charge is 0.339 e. The van der Waals surface area contributed by atoms with Crippen LogP contribution in [0.5, 0.6) is 0 Å². The monoisotopic (exact) mass is 313 g/mol. The van der Waals surface area contributed by atoms with Crippen LogP contribution in [-0.4, -0.2) is 23.2 Å². The molecule has 0 bridgehead atoms. The van der Waals surface area contributed by atoms with Crippen molar-refractivity contribution in [1.29, 1.82) is 0 Å². The fourth-order valence-electron chi connectivity index (χ4n) is 1.50. The van der Waals surface area contributed by atoms with Gasteiger partial charge in [-0.25, -0.2) is 4.39 Å². The number of likely N-dealkylation sites (N-methyl/N-ethyl adjacent to an activating group) is 1. The summed E-state index contributed by atoms with van der Waals surface area (Å²) < 4.78 is 19.0. The molecule has 1 unspecified atom stereocenters. The highest BCUT2D eigenvalue weighted by molar-refractivity contribution is 9.10. The second-order valence-electron chi connectivity index (χ2n) is 4.06. The van der Waals surface area contributed by atoms with Crippen LogP contribution in [-0.2, 0) is 6.42 Å². The minimum Gasteiger partial charge on any atom is -0.339 e. The molecule has 0 spiro atoms. The molecule has 0 amide bonds. The summed E-state index contributed by atoms with van der Waals surface area (Å²) in [6.07, 6.45) is 0.639. The first-order valence-electron chi connectivity index (χ1n) is 5.55. The van der Waals surface area contributed by atoms with Crippen molar-refractivity contribution < 1.29 is 8.91 Å². The van der Waals surface area contributed by atoms with E-state index in [1.807, 2.05) is 14.0 Å². The van der Waals surface area contributed by atoms with Gasteiger partial charge in [-0.1, -0.05) is 21.1 Å². The predicted molar refractivity (Wildman–Crippen MR) is 69.6 cm³/mol. The van der Waals surface area contributed by atoms with E-state index in [1.165, 1.54) is 12.1 Å². The Hall–Kier alpha value is -1.27. The van der Waals surface area contributed by atoms with Crippen LogP contribution >= 0.6 is 15.9 Å². The van der Waals surface area contributed by atoms with E-state index in [2.05, 4.69) is 31.4 Å². The lowest BCUT2D eigenvalue weighted by molar-refractivity contribution is 0.365. The van der Waals surface area contributed by atoms with Crippen LogP contribution in [0.4, 0.5) is 4.39 Å². The fourth-order valence-corrected chi connectivity index (χ4v) is 1.97. The van der Waals surface area contributed by atoms with Gasteiger partial charge in [-0.05, 0) is 32.2 Å². The first-order chi connectivity index (χ1) is 8.58. The lowest BCUT2D eigenvalue weighted by Gasteiger charge is -2.04. The second-order valence-corrected chi connectivity index (χ2v) is 4.98. The number of hydrogen-bond acceptors (Lipinski definition) is 4. The molecule has 1 atom stereocenters. The van der Waals surface area contributed by atoms with Crippen molar-refractivity contribution in [3.05, 3.63) is 34.4 Å². The van der Waals surface area contributed by atoms with Crippen LogP contribution in [0.15, 0.2) is 27.2 Å². The molecule has 0 saturated carbocycles. The van der Waals surface area contributed by atoms with Gasteiger partial charge in [-0.3, -0.25) is 0 Å². The molecule has 1 aromatic heterocycles. The Morgan fingerprint density at radius 3 is 2.89 bits per heavy atom. The number of nitrogens with one attached hydrogen (secondary N) is 1. The minimum absolute atomic E-state index is 0.248. The van der Waals surface area contributed by atoms with Crippen LogP contribution in [0.25, 0.3) is 11.4 Å². The smallest absolute Gasteiger partial charge is 0.228 e. The third-order valence-corrected chi connectivity index (χ3v) is 3.02. The summed E-state index contributed by atoms with van der Waals surface area (Å²) in [7, 11) is 1.87. The Morgan fingerprint density at radius 2 is 2.22 bits per heavy atom. The maximum atomic E-state index is 13.3. The molecule has 18 heavy (non-hydrogen) atoms. The van der Waals surface area contributed by atoms with Gasteiger partial charge in [0.05, 0.1) is 0 Å². The molecule has 0 fully saturated rings. The van der Waals surface area contributed by atoms with Gasteiger partial charge in [0.2, 0.25) is 11.7 Å². The summed E-state index contributed by atoms with van der Waals surface area (Å²) in [5.41, 5.74) is 0.592. The average molecular weight is 314 g/mol. The Labute approximate surface area is 113 Å². The lowest BCUT2D eigenvalue weighted by Crippen LogP contribution is -2.23. The van der Waals surface area contributed by atoms with E-state index >= 15 is 0 Å². The Bertz CT molecular complexity index is 524.